The molecule has 4 heteroatoms. The molecule has 20 heavy (non-hydrogen) atoms. The predicted octanol–water partition coefficient (Wildman–Crippen LogP) is 2.66. The summed E-state index contributed by atoms with van der Waals surface area (Å²) in [7, 11) is 0. The van der Waals surface area contributed by atoms with Crippen LogP contribution < -0.4 is 14.8 Å². The summed E-state index contributed by atoms with van der Waals surface area (Å²) in [6, 6.07) is 6.32. The molecule has 0 amide bonds. The van der Waals surface area contributed by atoms with E-state index < -0.39 is 0 Å². The van der Waals surface area contributed by atoms with Gasteiger partial charge >= 0.3 is 0 Å². The molecule has 1 heterocycles. The van der Waals surface area contributed by atoms with Crippen LogP contribution in [-0.4, -0.2) is 31.0 Å². The molecule has 0 spiro atoms. The van der Waals surface area contributed by atoms with Gasteiger partial charge in [0.15, 0.2) is 11.5 Å². The molecule has 0 radical (unpaired) electrons. The molecule has 1 aliphatic rings. The Morgan fingerprint density at radius 2 is 1.95 bits per heavy atom. The maximum absolute atomic E-state index is 9.83. The molecular weight excluding hydrogens is 254 g/mol. The van der Waals surface area contributed by atoms with Crippen molar-refractivity contribution < 1.29 is 14.6 Å². The van der Waals surface area contributed by atoms with Gasteiger partial charge in [-0.15, -0.1) is 0 Å². The largest absolute Gasteiger partial charge is 0.486 e. The van der Waals surface area contributed by atoms with Crippen molar-refractivity contribution in [2.24, 2.45) is 0 Å². The van der Waals surface area contributed by atoms with Crippen molar-refractivity contribution in [3.63, 3.8) is 0 Å². The number of aliphatic hydroxyl groups excluding tert-OH is 1. The number of hydrogen-bond acceptors (Lipinski definition) is 4. The second-order valence-electron chi connectivity index (χ2n) is 5.21. The molecule has 0 saturated carbocycles. The SMILES string of the molecule is CCCC(O)CNC(CC)c1ccc2c(c1)OCCO2. The lowest BCUT2D eigenvalue weighted by Crippen LogP contribution is -2.30. The molecule has 0 bridgehead atoms. The van der Waals surface area contributed by atoms with Crippen molar-refractivity contribution in [2.45, 2.75) is 45.3 Å². The van der Waals surface area contributed by atoms with E-state index in [0.717, 1.165) is 30.8 Å². The topological polar surface area (TPSA) is 50.7 Å². The van der Waals surface area contributed by atoms with Crippen LogP contribution in [-0.2, 0) is 0 Å². The molecule has 0 fully saturated rings. The van der Waals surface area contributed by atoms with Gasteiger partial charge in [0.2, 0.25) is 0 Å². The zero-order valence-corrected chi connectivity index (χ0v) is 12.4. The molecule has 112 valence electrons. The van der Waals surface area contributed by atoms with Gasteiger partial charge in [0, 0.05) is 12.6 Å². The summed E-state index contributed by atoms with van der Waals surface area (Å²) in [6.07, 6.45) is 2.54. The summed E-state index contributed by atoms with van der Waals surface area (Å²) in [4.78, 5) is 0. The van der Waals surface area contributed by atoms with Crippen molar-refractivity contribution in [1.29, 1.82) is 0 Å². The van der Waals surface area contributed by atoms with E-state index in [-0.39, 0.29) is 12.1 Å². The minimum atomic E-state index is -0.272. The fourth-order valence-electron chi connectivity index (χ4n) is 2.49. The Morgan fingerprint density at radius 3 is 2.65 bits per heavy atom. The highest BCUT2D eigenvalue weighted by molar-refractivity contribution is 5.44. The standard InChI is InChI=1S/C16H25NO3/c1-3-5-13(18)11-17-14(4-2)12-6-7-15-16(10-12)20-9-8-19-15/h6-7,10,13-14,17-18H,3-5,8-9,11H2,1-2H3. The number of ether oxygens (including phenoxy) is 2. The maximum Gasteiger partial charge on any atom is 0.161 e. The quantitative estimate of drug-likeness (QED) is 0.805. The fourth-order valence-corrected chi connectivity index (χ4v) is 2.49. The molecule has 0 saturated heterocycles. The van der Waals surface area contributed by atoms with Crippen molar-refractivity contribution >= 4 is 0 Å². The lowest BCUT2D eigenvalue weighted by Gasteiger charge is -2.23. The van der Waals surface area contributed by atoms with Crippen LogP contribution in [0.5, 0.6) is 11.5 Å². The molecule has 4 nitrogen and oxygen atoms in total. The number of aliphatic hydroxyl groups is 1. The van der Waals surface area contributed by atoms with E-state index in [2.05, 4.69) is 25.2 Å². The summed E-state index contributed by atoms with van der Waals surface area (Å²) in [5.41, 5.74) is 1.18. The van der Waals surface area contributed by atoms with E-state index >= 15 is 0 Å². The van der Waals surface area contributed by atoms with Gasteiger partial charge in [-0.1, -0.05) is 26.3 Å². The number of benzene rings is 1. The van der Waals surface area contributed by atoms with Crippen LogP contribution >= 0.6 is 0 Å². The Bertz CT molecular complexity index is 422. The summed E-state index contributed by atoms with van der Waals surface area (Å²) >= 11 is 0. The van der Waals surface area contributed by atoms with Crippen LogP contribution in [0, 0.1) is 0 Å². The molecule has 2 unspecified atom stereocenters. The summed E-state index contributed by atoms with van der Waals surface area (Å²) < 4.78 is 11.2. The predicted molar refractivity (Wildman–Crippen MR) is 79.4 cm³/mol. The van der Waals surface area contributed by atoms with E-state index in [1.165, 1.54) is 5.56 Å². The molecule has 1 aliphatic heterocycles. The van der Waals surface area contributed by atoms with E-state index in [1.54, 1.807) is 0 Å². The molecule has 0 aliphatic carbocycles. The smallest absolute Gasteiger partial charge is 0.161 e. The highest BCUT2D eigenvalue weighted by Gasteiger charge is 2.16. The number of fused-ring (bicyclic) bond motifs is 1. The lowest BCUT2D eigenvalue weighted by atomic mass is 10.0. The highest BCUT2D eigenvalue weighted by Crippen LogP contribution is 2.33. The summed E-state index contributed by atoms with van der Waals surface area (Å²) in [5.74, 6) is 1.64. The van der Waals surface area contributed by atoms with Crippen molar-refractivity contribution in [2.75, 3.05) is 19.8 Å². The van der Waals surface area contributed by atoms with Crippen LogP contribution in [0.2, 0.25) is 0 Å². The van der Waals surface area contributed by atoms with E-state index in [4.69, 9.17) is 9.47 Å². The van der Waals surface area contributed by atoms with Crippen LogP contribution in [0.3, 0.4) is 0 Å². The van der Waals surface area contributed by atoms with Gasteiger partial charge in [-0.25, -0.2) is 0 Å². The third kappa shape index (κ3) is 3.87. The van der Waals surface area contributed by atoms with E-state index in [1.807, 2.05) is 12.1 Å². The normalized spacial score (nSPS) is 16.8. The van der Waals surface area contributed by atoms with Gasteiger partial charge in [0.25, 0.3) is 0 Å². The highest BCUT2D eigenvalue weighted by atomic mass is 16.6. The van der Waals surface area contributed by atoms with Crippen LogP contribution in [0.1, 0.15) is 44.7 Å². The number of hydrogen-bond donors (Lipinski definition) is 2. The summed E-state index contributed by atoms with van der Waals surface area (Å²) in [5, 5.41) is 13.3. The molecule has 2 atom stereocenters. The van der Waals surface area contributed by atoms with E-state index in [9.17, 15) is 5.11 Å². The zero-order chi connectivity index (χ0) is 14.4. The molecular formula is C16H25NO3. The van der Waals surface area contributed by atoms with Gasteiger partial charge in [-0.05, 0) is 30.5 Å². The number of rotatable bonds is 7. The van der Waals surface area contributed by atoms with Gasteiger partial charge in [0.05, 0.1) is 6.10 Å². The molecule has 1 aromatic carbocycles. The first-order chi connectivity index (χ1) is 9.74. The molecule has 1 aromatic rings. The Balaban J connectivity index is 2.00. The van der Waals surface area contributed by atoms with Gasteiger partial charge < -0.3 is 19.9 Å². The monoisotopic (exact) mass is 279 g/mol. The van der Waals surface area contributed by atoms with Gasteiger partial charge in [-0.2, -0.15) is 0 Å². The van der Waals surface area contributed by atoms with Gasteiger partial charge in [-0.3, -0.25) is 0 Å². The van der Waals surface area contributed by atoms with E-state index in [0.29, 0.717) is 19.8 Å². The first kappa shape index (κ1) is 15.1. The summed E-state index contributed by atoms with van der Waals surface area (Å²) in [6.45, 7) is 6.07. The Hall–Kier alpha value is -1.26. The average molecular weight is 279 g/mol. The Morgan fingerprint density at radius 1 is 1.20 bits per heavy atom. The van der Waals surface area contributed by atoms with Crippen molar-refractivity contribution in [3.05, 3.63) is 23.8 Å². The molecule has 2 rings (SSSR count). The zero-order valence-electron chi connectivity index (χ0n) is 12.4. The second-order valence-corrected chi connectivity index (χ2v) is 5.21. The van der Waals surface area contributed by atoms with Crippen LogP contribution in [0.25, 0.3) is 0 Å². The third-order valence-corrected chi connectivity index (χ3v) is 3.60. The molecule has 0 aromatic heterocycles. The first-order valence-electron chi connectivity index (χ1n) is 7.55. The first-order valence-corrected chi connectivity index (χ1v) is 7.55. The maximum atomic E-state index is 9.83. The number of nitrogens with one attached hydrogen (secondary N) is 1. The van der Waals surface area contributed by atoms with Crippen LogP contribution in [0.15, 0.2) is 18.2 Å². The van der Waals surface area contributed by atoms with Crippen molar-refractivity contribution in [3.8, 4) is 11.5 Å². The minimum Gasteiger partial charge on any atom is -0.486 e. The minimum absolute atomic E-state index is 0.234. The Labute approximate surface area is 121 Å². The Kier molecular flexibility index (Phi) is 5.68. The lowest BCUT2D eigenvalue weighted by molar-refractivity contribution is 0.155. The van der Waals surface area contributed by atoms with Crippen LogP contribution in [0.4, 0.5) is 0 Å². The average Bonchev–Trinajstić information content (AvgIpc) is 2.48. The second kappa shape index (κ2) is 7.50. The van der Waals surface area contributed by atoms with Crippen molar-refractivity contribution in [1.82, 2.24) is 5.32 Å². The molecule has 2 N–H and O–H groups in total. The van der Waals surface area contributed by atoms with Gasteiger partial charge in [0.1, 0.15) is 13.2 Å². The third-order valence-electron chi connectivity index (χ3n) is 3.60. The fraction of sp³-hybridized carbons (Fsp3) is 0.625.